The molecule has 0 bridgehead atoms. The van der Waals surface area contributed by atoms with Crippen molar-refractivity contribution >= 4 is 0 Å². The summed E-state index contributed by atoms with van der Waals surface area (Å²) < 4.78 is 0. The van der Waals surface area contributed by atoms with Crippen LogP contribution in [0.5, 0.6) is 0 Å². The van der Waals surface area contributed by atoms with Gasteiger partial charge in [0.1, 0.15) is 6.10 Å². The van der Waals surface area contributed by atoms with Crippen LogP contribution < -0.4 is 10.6 Å². The van der Waals surface area contributed by atoms with Gasteiger partial charge >= 0.3 is 0 Å². The van der Waals surface area contributed by atoms with Crippen LogP contribution in [0.3, 0.4) is 0 Å². The number of hydrogen-bond donors (Lipinski definition) is 5. The van der Waals surface area contributed by atoms with Crippen LogP contribution in [-0.2, 0) is 0 Å². The highest BCUT2D eigenvalue weighted by atomic mass is 16.5. The molecule has 27 heavy (non-hydrogen) atoms. The highest BCUT2D eigenvalue weighted by Gasteiger charge is 2.10. The second-order valence-electron chi connectivity index (χ2n) is 7.92. The molecule has 0 amide bonds. The van der Waals surface area contributed by atoms with Crippen molar-refractivity contribution in [3.8, 4) is 0 Å². The minimum atomic E-state index is -1.67. The second-order valence-corrected chi connectivity index (χ2v) is 7.92. The van der Waals surface area contributed by atoms with Crippen molar-refractivity contribution in [2.45, 2.75) is 122 Å². The van der Waals surface area contributed by atoms with E-state index in [1.165, 1.54) is 103 Å². The fraction of sp³-hybridized carbons (Fsp3) is 1.00. The average Bonchev–Trinajstić information content (AvgIpc) is 2.66. The summed E-state index contributed by atoms with van der Waals surface area (Å²) in [4.78, 5) is 0. The molecule has 0 aromatic rings. The standard InChI is InChI=1S/C22H48N2O3/c1-2-3-4-5-6-7-8-9-10-11-12-13-14-15-16-17-18-23-20-24-19-21(25)22(26)27/h21-27H,2-20H2,1H3. The summed E-state index contributed by atoms with van der Waals surface area (Å²) in [6.07, 6.45) is 19.3. The van der Waals surface area contributed by atoms with Gasteiger partial charge in [-0.2, -0.15) is 0 Å². The molecule has 0 saturated heterocycles. The van der Waals surface area contributed by atoms with Crippen LogP contribution in [0.15, 0.2) is 0 Å². The van der Waals surface area contributed by atoms with Gasteiger partial charge in [-0.05, 0) is 13.0 Å². The van der Waals surface area contributed by atoms with Crippen LogP contribution >= 0.6 is 0 Å². The van der Waals surface area contributed by atoms with Crippen molar-refractivity contribution < 1.29 is 15.3 Å². The minimum Gasteiger partial charge on any atom is -0.387 e. The number of hydrogen-bond acceptors (Lipinski definition) is 5. The van der Waals surface area contributed by atoms with Crippen LogP contribution in [0.25, 0.3) is 0 Å². The molecular formula is C22H48N2O3. The van der Waals surface area contributed by atoms with E-state index in [0.29, 0.717) is 6.67 Å². The van der Waals surface area contributed by atoms with Crippen LogP contribution in [0.1, 0.15) is 110 Å². The highest BCUT2D eigenvalue weighted by molar-refractivity contribution is 4.60. The monoisotopic (exact) mass is 388 g/mol. The number of aliphatic hydroxyl groups is 3. The zero-order valence-corrected chi connectivity index (χ0v) is 17.9. The fourth-order valence-electron chi connectivity index (χ4n) is 3.30. The Morgan fingerprint density at radius 1 is 0.556 bits per heavy atom. The highest BCUT2D eigenvalue weighted by Crippen LogP contribution is 2.13. The SMILES string of the molecule is CCCCCCCCCCCCCCCCCCNCNCC(O)C(O)O. The molecule has 0 aromatic carbocycles. The normalized spacial score (nSPS) is 12.8. The Kier molecular flexibility index (Phi) is 21.9. The lowest BCUT2D eigenvalue weighted by molar-refractivity contribution is -0.120. The predicted molar refractivity (Wildman–Crippen MR) is 115 cm³/mol. The molecule has 5 N–H and O–H groups in total. The molecule has 0 aliphatic rings. The Bertz CT molecular complexity index is 278. The van der Waals surface area contributed by atoms with E-state index in [1.54, 1.807) is 0 Å². The summed E-state index contributed by atoms with van der Waals surface area (Å²) in [6, 6.07) is 0. The van der Waals surface area contributed by atoms with Gasteiger partial charge in [0.25, 0.3) is 0 Å². The molecule has 1 unspecified atom stereocenters. The topological polar surface area (TPSA) is 84.8 Å². The van der Waals surface area contributed by atoms with Crippen molar-refractivity contribution in [3.05, 3.63) is 0 Å². The van der Waals surface area contributed by atoms with Gasteiger partial charge in [0, 0.05) is 13.2 Å². The Hall–Kier alpha value is -0.200. The predicted octanol–water partition coefficient (Wildman–Crippen LogP) is 4.06. The van der Waals surface area contributed by atoms with Gasteiger partial charge in [0.15, 0.2) is 6.29 Å². The van der Waals surface area contributed by atoms with Crippen molar-refractivity contribution in [3.63, 3.8) is 0 Å². The smallest absolute Gasteiger partial charge is 0.179 e. The largest absolute Gasteiger partial charge is 0.387 e. The third-order valence-corrected chi connectivity index (χ3v) is 5.15. The second kappa shape index (κ2) is 22.1. The molecule has 0 saturated carbocycles. The summed E-state index contributed by atoms with van der Waals surface area (Å²) in [5.41, 5.74) is 0. The summed E-state index contributed by atoms with van der Waals surface area (Å²) in [5.74, 6) is 0. The molecule has 0 radical (unpaired) electrons. The number of nitrogens with one attached hydrogen (secondary N) is 2. The molecule has 164 valence electrons. The van der Waals surface area contributed by atoms with Crippen molar-refractivity contribution in [1.82, 2.24) is 10.6 Å². The summed E-state index contributed by atoms with van der Waals surface area (Å²) in [7, 11) is 0. The van der Waals surface area contributed by atoms with Crippen molar-refractivity contribution in [2.24, 2.45) is 0 Å². The van der Waals surface area contributed by atoms with E-state index in [0.717, 1.165) is 6.54 Å². The first-order chi connectivity index (χ1) is 13.2. The fourth-order valence-corrected chi connectivity index (χ4v) is 3.30. The van der Waals surface area contributed by atoms with Gasteiger partial charge in [-0.1, -0.05) is 103 Å². The third-order valence-electron chi connectivity index (χ3n) is 5.15. The van der Waals surface area contributed by atoms with E-state index in [9.17, 15) is 5.11 Å². The van der Waals surface area contributed by atoms with Gasteiger partial charge in [-0.25, -0.2) is 0 Å². The molecular weight excluding hydrogens is 340 g/mol. The van der Waals surface area contributed by atoms with E-state index in [1.807, 2.05) is 0 Å². The molecule has 5 nitrogen and oxygen atoms in total. The van der Waals surface area contributed by atoms with Crippen molar-refractivity contribution in [2.75, 3.05) is 19.8 Å². The first kappa shape index (κ1) is 26.8. The Labute approximate surface area is 168 Å². The Balaban J connectivity index is 3.03. The summed E-state index contributed by atoms with van der Waals surface area (Å²) in [5, 5.41) is 32.8. The number of rotatable bonds is 22. The quantitative estimate of drug-likeness (QED) is 0.143. The van der Waals surface area contributed by atoms with Crippen LogP contribution in [-0.4, -0.2) is 47.5 Å². The zero-order valence-electron chi connectivity index (χ0n) is 17.9. The third kappa shape index (κ3) is 22.0. The molecule has 0 heterocycles. The molecule has 0 aromatic heterocycles. The first-order valence-electron chi connectivity index (χ1n) is 11.6. The molecule has 1 atom stereocenters. The van der Waals surface area contributed by atoms with Crippen LogP contribution in [0.4, 0.5) is 0 Å². The Morgan fingerprint density at radius 2 is 0.963 bits per heavy atom. The number of unbranched alkanes of at least 4 members (excludes halogenated alkanes) is 15. The maximum atomic E-state index is 9.19. The summed E-state index contributed by atoms with van der Waals surface area (Å²) >= 11 is 0. The van der Waals surface area contributed by atoms with Crippen molar-refractivity contribution in [1.29, 1.82) is 0 Å². The van der Waals surface area contributed by atoms with Crippen LogP contribution in [0.2, 0.25) is 0 Å². The van der Waals surface area contributed by atoms with Gasteiger partial charge in [0.2, 0.25) is 0 Å². The first-order valence-corrected chi connectivity index (χ1v) is 11.6. The lowest BCUT2D eigenvalue weighted by Gasteiger charge is -2.13. The summed E-state index contributed by atoms with van der Waals surface area (Å²) in [6.45, 7) is 4.01. The molecule has 0 aliphatic carbocycles. The molecule has 5 heteroatoms. The lowest BCUT2D eigenvalue weighted by Crippen LogP contribution is -2.40. The molecule has 0 rings (SSSR count). The molecule has 0 fully saturated rings. The molecule has 0 spiro atoms. The number of aliphatic hydroxyl groups excluding tert-OH is 2. The van der Waals surface area contributed by atoms with Gasteiger partial charge < -0.3 is 26.0 Å². The van der Waals surface area contributed by atoms with Gasteiger partial charge in [0.05, 0.1) is 0 Å². The van der Waals surface area contributed by atoms with E-state index in [4.69, 9.17) is 10.2 Å². The average molecular weight is 389 g/mol. The van der Waals surface area contributed by atoms with Crippen LogP contribution in [0, 0.1) is 0 Å². The molecule has 0 aliphatic heterocycles. The van der Waals surface area contributed by atoms with E-state index in [-0.39, 0.29) is 6.54 Å². The van der Waals surface area contributed by atoms with Gasteiger partial charge in [-0.3, -0.25) is 0 Å². The van der Waals surface area contributed by atoms with Gasteiger partial charge in [-0.15, -0.1) is 0 Å². The lowest BCUT2D eigenvalue weighted by atomic mass is 10.0. The minimum absolute atomic E-state index is 0.184. The Morgan fingerprint density at radius 3 is 1.37 bits per heavy atom. The van der Waals surface area contributed by atoms with E-state index >= 15 is 0 Å². The maximum absolute atomic E-state index is 9.19. The van der Waals surface area contributed by atoms with E-state index < -0.39 is 12.4 Å². The zero-order chi connectivity index (χ0) is 20.0. The maximum Gasteiger partial charge on any atom is 0.179 e. The van der Waals surface area contributed by atoms with E-state index in [2.05, 4.69) is 17.6 Å².